The summed E-state index contributed by atoms with van der Waals surface area (Å²) in [6.07, 6.45) is 12.7. The lowest BCUT2D eigenvalue weighted by Crippen LogP contribution is -2.10. The van der Waals surface area contributed by atoms with Gasteiger partial charge in [0.2, 0.25) is 0 Å². The van der Waals surface area contributed by atoms with Gasteiger partial charge in [0, 0.05) is 53.1 Å². The zero-order valence-corrected chi connectivity index (χ0v) is 18.3. The minimum atomic E-state index is 0.690. The van der Waals surface area contributed by atoms with Crippen molar-refractivity contribution in [3.05, 3.63) is 73.3 Å². The van der Waals surface area contributed by atoms with E-state index in [9.17, 15) is 0 Å². The summed E-state index contributed by atoms with van der Waals surface area (Å²) < 4.78 is 6.38. The highest BCUT2D eigenvalue weighted by Crippen LogP contribution is 2.33. The summed E-state index contributed by atoms with van der Waals surface area (Å²) in [5.41, 5.74) is 4.75. The van der Waals surface area contributed by atoms with Crippen molar-refractivity contribution in [1.82, 2.24) is 24.1 Å². The molecular weight excluding hydrogens is 382 g/mol. The van der Waals surface area contributed by atoms with Crippen LogP contribution in [0.4, 0.5) is 0 Å². The molecule has 5 aromatic rings. The standard InChI is InChI=1S/C26H29N5/c1-3-5-8-20(4-2)19-29-25-11-9-21(30-15-6-13-27-30)17-23(25)24-18-22(10-12-26(24)29)31-16-7-14-28-31/h6-7,9-18,20H,3-5,8,19H2,1-2H3. The summed E-state index contributed by atoms with van der Waals surface area (Å²) in [5, 5.41) is 11.4. The fraction of sp³-hybridized carbons (Fsp3) is 0.308. The van der Waals surface area contributed by atoms with Crippen molar-refractivity contribution in [2.45, 2.75) is 46.1 Å². The van der Waals surface area contributed by atoms with Gasteiger partial charge < -0.3 is 4.57 Å². The molecule has 0 bridgehead atoms. The van der Waals surface area contributed by atoms with Gasteiger partial charge in [0.1, 0.15) is 0 Å². The number of nitrogens with zero attached hydrogens (tertiary/aromatic N) is 5. The van der Waals surface area contributed by atoms with E-state index >= 15 is 0 Å². The summed E-state index contributed by atoms with van der Waals surface area (Å²) in [5.74, 6) is 0.690. The van der Waals surface area contributed by atoms with Crippen LogP contribution in [0.5, 0.6) is 0 Å². The molecule has 5 nitrogen and oxygen atoms in total. The molecule has 158 valence electrons. The minimum Gasteiger partial charge on any atom is -0.340 e. The average molecular weight is 412 g/mol. The molecule has 3 heterocycles. The van der Waals surface area contributed by atoms with Crippen LogP contribution >= 0.6 is 0 Å². The second kappa shape index (κ2) is 8.42. The number of aromatic nitrogens is 5. The van der Waals surface area contributed by atoms with Crippen LogP contribution in [0.25, 0.3) is 33.2 Å². The molecule has 1 unspecified atom stereocenters. The maximum atomic E-state index is 4.43. The van der Waals surface area contributed by atoms with Gasteiger partial charge in [-0.1, -0.05) is 33.1 Å². The summed E-state index contributed by atoms with van der Waals surface area (Å²) in [4.78, 5) is 0. The molecule has 0 saturated carbocycles. The summed E-state index contributed by atoms with van der Waals surface area (Å²) in [6.45, 7) is 5.65. The minimum absolute atomic E-state index is 0.690. The highest BCUT2D eigenvalue weighted by atomic mass is 15.3. The molecule has 1 atom stereocenters. The van der Waals surface area contributed by atoms with Crippen LogP contribution in [-0.4, -0.2) is 24.1 Å². The van der Waals surface area contributed by atoms with Gasteiger partial charge in [-0.2, -0.15) is 10.2 Å². The van der Waals surface area contributed by atoms with E-state index in [0.717, 1.165) is 17.9 Å². The third-order valence-corrected chi connectivity index (χ3v) is 6.35. The molecular formula is C26H29N5. The number of hydrogen-bond acceptors (Lipinski definition) is 2. The van der Waals surface area contributed by atoms with Crippen LogP contribution in [0.1, 0.15) is 39.5 Å². The molecule has 2 aromatic carbocycles. The number of benzene rings is 2. The summed E-state index contributed by atoms with van der Waals surface area (Å²) in [7, 11) is 0. The monoisotopic (exact) mass is 411 g/mol. The number of hydrogen-bond donors (Lipinski definition) is 0. The third kappa shape index (κ3) is 3.65. The molecule has 0 aliphatic rings. The van der Waals surface area contributed by atoms with E-state index < -0.39 is 0 Å². The Hall–Kier alpha value is -3.34. The Labute approximate surface area is 182 Å². The van der Waals surface area contributed by atoms with E-state index in [1.165, 1.54) is 47.5 Å². The summed E-state index contributed by atoms with van der Waals surface area (Å²) in [6, 6.07) is 17.3. The molecule has 3 aromatic heterocycles. The van der Waals surface area contributed by atoms with Gasteiger partial charge in [-0.05, 0) is 60.9 Å². The quantitative estimate of drug-likeness (QED) is 0.297. The zero-order valence-electron chi connectivity index (χ0n) is 18.3. The van der Waals surface area contributed by atoms with Crippen molar-refractivity contribution in [3.8, 4) is 11.4 Å². The van der Waals surface area contributed by atoms with Gasteiger partial charge in [-0.25, -0.2) is 9.36 Å². The van der Waals surface area contributed by atoms with E-state index in [4.69, 9.17) is 0 Å². The average Bonchev–Trinajstić information content (AvgIpc) is 3.57. The first-order valence-corrected chi connectivity index (χ1v) is 11.3. The van der Waals surface area contributed by atoms with Crippen LogP contribution in [0, 0.1) is 5.92 Å². The normalized spacial score (nSPS) is 12.7. The maximum absolute atomic E-state index is 4.43. The predicted octanol–water partition coefficient (Wildman–Crippen LogP) is 6.38. The number of fused-ring (bicyclic) bond motifs is 3. The number of unbranched alkanes of at least 4 members (excludes halogenated alkanes) is 1. The van der Waals surface area contributed by atoms with Gasteiger partial charge in [-0.15, -0.1) is 0 Å². The first-order valence-electron chi connectivity index (χ1n) is 11.3. The van der Waals surface area contributed by atoms with Crippen molar-refractivity contribution in [3.63, 3.8) is 0 Å². The van der Waals surface area contributed by atoms with Gasteiger partial charge in [0.05, 0.1) is 11.4 Å². The molecule has 0 spiro atoms. The van der Waals surface area contributed by atoms with Crippen LogP contribution in [-0.2, 0) is 6.54 Å². The molecule has 5 heteroatoms. The lowest BCUT2D eigenvalue weighted by Gasteiger charge is -2.17. The van der Waals surface area contributed by atoms with E-state index in [1.807, 2.05) is 46.3 Å². The van der Waals surface area contributed by atoms with E-state index in [0.29, 0.717) is 5.92 Å². The van der Waals surface area contributed by atoms with Crippen molar-refractivity contribution < 1.29 is 0 Å². The lowest BCUT2D eigenvalue weighted by atomic mass is 9.99. The first kappa shape index (κ1) is 19.6. The Balaban J connectivity index is 1.69. The van der Waals surface area contributed by atoms with Crippen LogP contribution < -0.4 is 0 Å². The van der Waals surface area contributed by atoms with E-state index in [-0.39, 0.29) is 0 Å². The van der Waals surface area contributed by atoms with E-state index in [1.54, 1.807) is 0 Å². The lowest BCUT2D eigenvalue weighted by molar-refractivity contribution is 0.401. The van der Waals surface area contributed by atoms with Gasteiger partial charge in [-0.3, -0.25) is 0 Å². The number of rotatable bonds is 8. The molecule has 0 aliphatic heterocycles. The molecule has 0 radical (unpaired) electrons. The molecule has 0 amide bonds. The molecule has 0 N–H and O–H groups in total. The topological polar surface area (TPSA) is 40.6 Å². The maximum Gasteiger partial charge on any atom is 0.0653 e. The van der Waals surface area contributed by atoms with Gasteiger partial charge in [0.25, 0.3) is 0 Å². The fourth-order valence-corrected chi connectivity index (χ4v) is 4.58. The molecule has 5 rings (SSSR count). The predicted molar refractivity (Wildman–Crippen MR) is 127 cm³/mol. The Morgan fingerprint density at radius 1 is 0.806 bits per heavy atom. The van der Waals surface area contributed by atoms with Crippen molar-refractivity contribution in [2.75, 3.05) is 0 Å². The fourth-order valence-electron chi connectivity index (χ4n) is 4.58. The van der Waals surface area contributed by atoms with Crippen LogP contribution in [0.2, 0.25) is 0 Å². The van der Waals surface area contributed by atoms with Gasteiger partial charge in [0.15, 0.2) is 0 Å². The Morgan fingerprint density at radius 2 is 1.39 bits per heavy atom. The summed E-state index contributed by atoms with van der Waals surface area (Å²) >= 11 is 0. The second-order valence-electron chi connectivity index (χ2n) is 8.33. The van der Waals surface area contributed by atoms with E-state index in [2.05, 4.69) is 65.0 Å². The van der Waals surface area contributed by atoms with Crippen molar-refractivity contribution in [1.29, 1.82) is 0 Å². The van der Waals surface area contributed by atoms with Crippen LogP contribution in [0.15, 0.2) is 73.3 Å². The third-order valence-electron chi connectivity index (χ3n) is 6.35. The molecule has 0 aliphatic carbocycles. The zero-order chi connectivity index (χ0) is 21.2. The second-order valence-corrected chi connectivity index (χ2v) is 8.33. The molecule has 31 heavy (non-hydrogen) atoms. The Morgan fingerprint density at radius 3 is 1.84 bits per heavy atom. The first-order chi connectivity index (χ1) is 15.3. The smallest absolute Gasteiger partial charge is 0.0653 e. The van der Waals surface area contributed by atoms with Gasteiger partial charge >= 0.3 is 0 Å². The Bertz CT molecular complexity index is 1190. The van der Waals surface area contributed by atoms with Crippen molar-refractivity contribution >= 4 is 21.8 Å². The highest BCUT2D eigenvalue weighted by molar-refractivity contribution is 6.09. The van der Waals surface area contributed by atoms with Crippen molar-refractivity contribution in [2.24, 2.45) is 5.92 Å². The largest absolute Gasteiger partial charge is 0.340 e. The highest BCUT2D eigenvalue weighted by Gasteiger charge is 2.16. The SMILES string of the molecule is CCCCC(CC)Cn1c2ccc(-n3cccn3)cc2c2cc(-n3cccn3)ccc21. The Kier molecular flexibility index (Phi) is 5.33. The van der Waals surface area contributed by atoms with Crippen LogP contribution in [0.3, 0.4) is 0 Å². The molecule has 0 saturated heterocycles. The molecule has 0 fully saturated rings.